The van der Waals surface area contributed by atoms with E-state index in [0.717, 1.165) is 18.7 Å². The van der Waals surface area contributed by atoms with Crippen molar-refractivity contribution in [3.63, 3.8) is 0 Å². The summed E-state index contributed by atoms with van der Waals surface area (Å²) >= 11 is 0. The number of guanidine groups is 1. The molecule has 152 valence electrons. The van der Waals surface area contributed by atoms with Crippen LogP contribution in [0.1, 0.15) is 16.7 Å². The summed E-state index contributed by atoms with van der Waals surface area (Å²) in [6.07, 6.45) is 0. The van der Waals surface area contributed by atoms with Crippen molar-refractivity contribution in [1.82, 2.24) is 10.6 Å². The van der Waals surface area contributed by atoms with E-state index in [2.05, 4.69) is 40.7 Å². The Balaban J connectivity index is 0.00000280. The Kier molecular flexibility index (Phi) is 8.98. The van der Waals surface area contributed by atoms with E-state index >= 15 is 0 Å². The van der Waals surface area contributed by atoms with Crippen LogP contribution in [0.25, 0.3) is 0 Å². The molecule has 1 aliphatic heterocycles. The molecule has 1 saturated heterocycles. The molecule has 2 aromatic rings. The predicted octanol–water partition coefficient (Wildman–Crippen LogP) is 3.45. The Labute approximate surface area is 183 Å². The number of rotatable bonds is 5. The number of anilines is 1. The SMILES string of the molecule is CN=C(NCc1cccc(C)c1)NCc1ccc(N2CCOCC2)c(F)c1.I. The molecule has 0 aromatic heterocycles. The number of hydrogen-bond donors (Lipinski definition) is 2. The lowest BCUT2D eigenvalue weighted by atomic mass is 10.1. The molecule has 5 nitrogen and oxygen atoms in total. The van der Waals surface area contributed by atoms with Gasteiger partial charge in [0.2, 0.25) is 0 Å². The van der Waals surface area contributed by atoms with Crippen LogP contribution < -0.4 is 15.5 Å². The van der Waals surface area contributed by atoms with Crippen molar-refractivity contribution in [3.05, 3.63) is 65.0 Å². The highest BCUT2D eigenvalue weighted by Gasteiger charge is 2.15. The minimum atomic E-state index is -0.195. The van der Waals surface area contributed by atoms with E-state index in [9.17, 15) is 4.39 Å². The van der Waals surface area contributed by atoms with E-state index in [1.54, 1.807) is 13.1 Å². The van der Waals surface area contributed by atoms with Crippen molar-refractivity contribution in [3.8, 4) is 0 Å². The molecule has 1 fully saturated rings. The van der Waals surface area contributed by atoms with Crippen LogP contribution in [0, 0.1) is 12.7 Å². The number of aryl methyl sites for hydroxylation is 1. The zero-order chi connectivity index (χ0) is 19.1. The largest absolute Gasteiger partial charge is 0.378 e. The van der Waals surface area contributed by atoms with Crippen molar-refractivity contribution < 1.29 is 9.13 Å². The Bertz CT molecular complexity index is 794. The van der Waals surface area contributed by atoms with Gasteiger partial charge in [-0.2, -0.15) is 0 Å². The van der Waals surface area contributed by atoms with E-state index in [4.69, 9.17) is 4.74 Å². The third-order valence-corrected chi connectivity index (χ3v) is 4.59. The maximum absolute atomic E-state index is 14.5. The average Bonchev–Trinajstić information content (AvgIpc) is 2.69. The second kappa shape index (κ2) is 11.2. The van der Waals surface area contributed by atoms with Crippen LogP contribution in [0.4, 0.5) is 10.1 Å². The topological polar surface area (TPSA) is 48.9 Å². The highest BCUT2D eigenvalue weighted by molar-refractivity contribution is 14.0. The summed E-state index contributed by atoms with van der Waals surface area (Å²) in [7, 11) is 1.73. The summed E-state index contributed by atoms with van der Waals surface area (Å²) in [5, 5.41) is 6.52. The smallest absolute Gasteiger partial charge is 0.191 e. The first-order valence-corrected chi connectivity index (χ1v) is 9.27. The van der Waals surface area contributed by atoms with E-state index < -0.39 is 0 Å². The van der Waals surface area contributed by atoms with Crippen LogP contribution in [0.3, 0.4) is 0 Å². The molecule has 0 radical (unpaired) electrons. The van der Waals surface area contributed by atoms with Crippen molar-refractivity contribution in [2.75, 3.05) is 38.3 Å². The van der Waals surface area contributed by atoms with Crippen molar-refractivity contribution in [2.24, 2.45) is 4.99 Å². The number of morpholine rings is 1. The molecule has 0 amide bonds. The van der Waals surface area contributed by atoms with Gasteiger partial charge >= 0.3 is 0 Å². The molecule has 1 heterocycles. The second-order valence-corrected chi connectivity index (χ2v) is 6.65. The normalized spacial score (nSPS) is 14.4. The first-order chi connectivity index (χ1) is 13.2. The molecule has 2 aromatic carbocycles. The number of ether oxygens (including phenoxy) is 1. The fourth-order valence-corrected chi connectivity index (χ4v) is 3.14. The van der Waals surface area contributed by atoms with Gasteiger partial charge in [0.1, 0.15) is 5.82 Å². The van der Waals surface area contributed by atoms with Crippen LogP contribution in [0.2, 0.25) is 0 Å². The Morgan fingerprint density at radius 3 is 2.36 bits per heavy atom. The van der Waals surface area contributed by atoms with Crippen LogP contribution in [0.15, 0.2) is 47.5 Å². The third kappa shape index (κ3) is 6.34. The summed E-state index contributed by atoms with van der Waals surface area (Å²) < 4.78 is 19.8. The molecule has 0 atom stereocenters. The van der Waals surface area contributed by atoms with Gasteiger partial charge in [-0.15, -0.1) is 24.0 Å². The summed E-state index contributed by atoms with van der Waals surface area (Å²) in [5.74, 6) is 0.494. The molecule has 1 aliphatic rings. The van der Waals surface area contributed by atoms with Crippen LogP contribution >= 0.6 is 24.0 Å². The van der Waals surface area contributed by atoms with Gasteiger partial charge in [-0.25, -0.2) is 4.39 Å². The first kappa shape index (κ1) is 22.4. The first-order valence-electron chi connectivity index (χ1n) is 9.27. The van der Waals surface area contributed by atoms with Crippen molar-refractivity contribution in [2.45, 2.75) is 20.0 Å². The van der Waals surface area contributed by atoms with Gasteiger partial charge in [0.15, 0.2) is 5.96 Å². The molecule has 3 rings (SSSR count). The van der Waals surface area contributed by atoms with Crippen LogP contribution in [-0.2, 0) is 17.8 Å². The van der Waals surface area contributed by atoms with E-state index in [1.165, 1.54) is 11.1 Å². The molecule has 0 spiro atoms. The minimum absolute atomic E-state index is 0. The molecule has 0 aliphatic carbocycles. The molecule has 0 unspecified atom stereocenters. The summed E-state index contributed by atoms with van der Waals surface area (Å²) in [6, 6.07) is 13.7. The van der Waals surface area contributed by atoms with Gasteiger partial charge in [-0.05, 0) is 30.2 Å². The molecule has 28 heavy (non-hydrogen) atoms. The number of aliphatic imine (C=N–C) groups is 1. The highest BCUT2D eigenvalue weighted by atomic mass is 127. The molecule has 0 bridgehead atoms. The lowest BCUT2D eigenvalue weighted by Gasteiger charge is -2.29. The predicted molar refractivity (Wildman–Crippen MR) is 123 cm³/mol. The van der Waals surface area contributed by atoms with Gasteiger partial charge in [0, 0.05) is 33.2 Å². The quantitative estimate of drug-likeness (QED) is 0.377. The highest BCUT2D eigenvalue weighted by Crippen LogP contribution is 2.21. The van der Waals surface area contributed by atoms with Gasteiger partial charge < -0.3 is 20.3 Å². The Morgan fingerprint density at radius 1 is 1.07 bits per heavy atom. The number of benzene rings is 2. The second-order valence-electron chi connectivity index (χ2n) is 6.65. The van der Waals surface area contributed by atoms with Crippen LogP contribution in [0.5, 0.6) is 0 Å². The molecular weight excluding hydrogens is 470 g/mol. The van der Waals surface area contributed by atoms with E-state index in [-0.39, 0.29) is 29.8 Å². The van der Waals surface area contributed by atoms with Crippen molar-refractivity contribution in [1.29, 1.82) is 0 Å². The minimum Gasteiger partial charge on any atom is -0.378 e. The number of nitrogens with one attached hydrogen (secondary N) is 2. The lowest BCUT2D eigenvalue weighted by Crippen LogP contribution is -2.37. The maximum atomic E-state index is 14.5. The number of nitrogens with zero attached hydrogens (tertiary/aromatic N) is 2. The standard InChI is InChI=1S/C21H27FN4O.HI/c1-16-4-3-5-17(12-16)14-24-21(23-2)25-15-18-6-7-20(19(22)13-18)26-8-10-27-11-9-26;/h3-7,12-13H,8-11,14-15H2,1-2H3,(H2,23,24,25);1H. The van der Waals surface area contributed by atoms with E-state index in [0.29, 0.717) is 38.0 Å². The molecular formula is C21H28FIN4O. The summed E-state index contributed by atoms with van der Waals surface area (Å²) in [5.41, 5.74) is 3.94. The molecule has 0 saturated carbocycles. The Hall–Kier alpha value is -1.87. The Morgan fingerprint density at radius 2 is 1.75 bits per heavy atom. The average molecular weight is 498 g/mol. The lowest BCUT2D eigenvalue weighted by molar-refractivity contribution is 0.122. The fourth-order valence-electron chi connectivity index (χ4n) is 3.14. The fraction of sp³-hybridized carbons (Fsp3) is 0.381. The number of hydrogen-bond acceptors (Lipinski definition) is 3. The third-order valence-electron chi connectivity index (χ3n) is 4.59. The van der Waals surface area contributed by atoms with E-state index in [1.807, 2.05) is 23.1 Å². The summed E-state index contributed by atoms with van der Waals surface area (Å²) in [6.45, 7) is 6.01. The van der Waals surface area contributed by atoms with Crippen molar-refractivity contribution >= 4 is 35.6 Å². The van der Waals surface area contributed by atoms with Crippen LogP contribution in [-0.4, -0.2) is 39.3 Å². The number of halogens is 2. The van der Waals surface area contributed by atoms with Gasteiger partial charge in [0.05, 0.1) is 18.9 Å². The molecule has 2 N–H and O–H groups in total. The zero-order valence-corrected chi connectivity index (χ0v) is 18.7. The zero-order valence-electron chi connectivity index (χ0n) is 16.4. The summed E-state index contributed by atoms with van der Waals surface area (Å²) in [4.78, 5) is 6.26. The van der Waals surface area contributed by atoms with Gasteiger partial charge in [-0.3, -0.25) is 4.99 Å². The maximum Gasteiger partial charge on any atom is 0.191 e. The van der Waals surface area contributed by atoms with Gasteiger partial charge in [0.25, 0.3) is 0 Å². The van der Waals surface area contributed by atoms with Gasteiger partial charge in [-0.1, -0.05) is 35.9 Å². The monoisotopic (exact) mass is 498 g/mol. The molecule has 7 heteroatoms.